The molecule has 1 atom stereocenters. The molecule has 0 fully saturated rings. The van der Waals surface area contributed by atoms with Gasteiger partial charge in [-0.15, -0.1) is 16.4 Å². The Hall–Kier alpha value is -2.06. The Kier molecular flexibility index (Phi) is 5.11. The van der Waals surface area contributed by atoms with Gasteiger partial charge < -0.3 is 10.0 Å². The highest BCUT2D eigenvalue weighted by Gasteiger charge is 2.32. The van der Waals surface area contributed by atoms with E-state index < -0.39 is 0 Å². The van der Waals surface area contributed by atoms with Crippen molar-refractivity contribution in [1.82, 2.24) is 24.5 Å². The molecule has 1 aliphatic rings. The third kappa shape index (κ3) is 3.42. The maximum Gasteiger partial charge on any atom is 0.293 e. The minimum absolute atomic E-state index is 0.0786. The first kappa shape index (κ1) is 20.2. The van der Waals surface area contributed by atoms with Crippen molar-refractivity contribution in [2.24, 2.45) is 11.3 Å². The highest BCUT2D eigenvalue weighted by molar-refractivity contribution is 7.19. The summed E-state index contributed by atoms with van der Waals surface area (Å²) in [7, 11) is 0. The molecule has 0 bridgehead atoms. The molecule has 0 unspecified atom stereocenters. The summed E-state index contributed by atoms with van der Waals surface area (Å²) in [6.07, 6.45) is 3.24. The van der Waals surface area contributed by atoms with E-state index in [9.17, 15) is 9.90 Å². The minimum Gasteiger partial charge on any atom is -0.395 e. The number of nitrogens with zero attached hydrogens (tertiary/aromatic N) is 5. The lowest BCUT2D eigenvalue weighted by atomic mass is 9.72. The average molecular weight is 416 g/mol. The van der Waals surface area contributed by atoms with Crippen LogP contribution in [0.25, 0.3) is 15.9 Å². The summed E-state index contributed by atoms with van der Waals surface area (Å²) in [5.41, 5.74) is 2.34. The smallest absolute Gasteiger partial charge is 0.293 e. The summed E-state index contributed by atoms with van der Waals surface area (Å²) < 4.78 is 1.70. The molecule has 29 heavy (non-hydrogen) atoms. The van der Waals surface area contributed by atoms with E-state index in [0.29, 0.717) is 12.5 Å². The molecular weight excluding hydrogens is 386 g/mol. The van der Waals surface area contributed by atoms with Crippen molar-refractivity contribution in [2.45, 2.75) is 53.9 Å². The molecule has 1 amide bonds. The molecule has 0 saturated heterocycles. The number of rotatable bonds is 4. The molecule has 7 nitrogen and oxygen atoms in total. The SMILES string of the molecule is CCN(CCO)C(=O)c1nc2c3c4c(sc3nc(C)n2n1)C[C@@H](C(C)(C)C)CC4. The van der Waals surface area contributed by atoms with Gasteiger partial charge in [0.05, 0.1) is 12.0 Å². The van der Waals surface area contributed by atoms with Crippen LogP contribution in [0.2, 0.25) is 0 Å². The number of fused-ring (bicyclic) bond motifs is 5. The van der Waals surface area contributed by atoms with Gasteiger partial charge in [0, 0.05) is 18.0 Å². The van der Waals surface area contributed by atoms with Gasteiger partial charge in [-0.05, 0) is 50.0 Å². The number of thiophene rings is 1. The normalized spacial score (nSPS) is 17.1. The fraction of sp³-hybridized carbons (Fsp3) is 0.619. The Labute approximate surface area is 174 Å². The van der Waals surface area contributed by atoms with Crippen LogP contribution in [-0.2, 0) is 12.8 Å². The van der Waals surface area contributed by atoms with Gasteiger partial charge in [0.1, 0.15) is 10.7 Å². The van der Waals surface area contributed by atoms with E-state index in [4.69, 9.17) is 4.98 Å². The zero-order valence-corrected chi connectivity index (χ0v) is 18.6. The standard InChI is InChI=1S/C21H29N5O2S/c1-6-25(9-10-27)20(28)17-23-18-16-14-8-7-13(21(3,4)5)11-15(14)29-19(16)22-12(2)26(18)24-17/h13,27H,6-11H2,1-5H3/t13-/m0/s1. The van der Waals surface area contributed by atoms with E-state index in [2.05, 4.69) is 30.9 Å². The van der Waals surface area contributed by atoms with Crippen molar-refractivity contribution in [3.8, 4) is 0 Å². The van der Waals surface area contributed by atoms with E-state index in [1.165, 1.54) is 10.4 Å². The second-order valence-electron chi connectivity index (χ2n) is 8.93. The zero-order chi connectivity index (χ0) is 20.9. The molecule has 3 aromatic rings. The maximum atomic E-state index is 12.8. The van der Waals surface area contributed by atoms with Crippen LogP contribution in [-0.4, -0.2) is 55.2 Å². The van der Waals surface area contributed by atoms with Gasteiger partial charge in [-0.1, -0.05) is 20.8 Å². The van der Waals surface area contributed by atoms with Crippen LogP contribution >= 0.6 is 11.3 Å². The Morgan fingerprint density at radius 3 is 2.76 bits per heavy atom. The van der Waals surface area contributed by atoms with Gasteiger partial charge in [-0.3, -0.25) is 4.79 Å². The number of carbonyl (C=O) groups is 1. The summed E-state index contributed by atoms with van der Waals surface area (Å²) >= 11 is 1.76. The second-order valence-corrected chi connectivity index (χ2v) is 10.0. The zero-order valence-electron chi connectivity index (χ0n) is 17.8. The van der Waals surface area contributed by atoms with Crippen molar-refractivity contribution in [1.29, 1.82) is 0 Å². The number of hydrogen-bond donors (Lipinski definition) is 1. The van der Waals surface area contributed by atoms with E-state index in [-0.39, 0.29) is 30.3 Å². The van der Waals surface area contributed by atoms with Gasteiger partial charge in [-0.2, -0.15) is 4.52 Å². The summed E-state index contributed by atoms with van der Waals surface area (Å²) in [4.78, 5) is 26.2. The topological polar surface area (TPSA) is 83.6 Å². The first-order valence-electron chi connectivity index (χ1n) is 10.3. The molecule has 3 aromatic heterocycles. The molecule has 8 heteroatoms. The molecule has 3 heterocycles. The number of aryl methyl sites for hydroxylation is 2. The lowest BCUT2D eigenvalue weighted by molar-refractivity contribution is 0.0720. The monoisotopic (exact) mass is 415 g/mol. The summed E-state index contributed by atoms with van der Waals surface area (Å²) in [6, 6.07) is 0. The number of amides is 1. The van der Waals surface area contributed by atoms with E-state index in [1.807, 2.05) is 13.8 Å². The van der Waals surface area contributed by atoms with Gasteiger partial charge in [0.15, 0.2) is 5.65 Å². The van der Waals surface area contributed by atoms with E-state index >= 15 is 0 Å². The molecule has 0 aromatic carbocycles. The quantitative estimate of drug-likeness (QED) is 0.707. The summed E-state index contributed by atoms with van der Waals surface area (Å²) in [6.45, 7) is 11.4. The predicted octanol–water partition coefficient (Wildman–Crippen LogP) is 3.25. The molecule has 156 valence electrons. The molecule has 0 saturated carbocycles. The number of hydrogen-bond acceptors (Lipinski definition) is 6. The Morgan fingerprint density at radius 1 is 1.34 bits per heavy atom. The van der Waals surface area contributed by atoms with Crippen LogP contribution in [0.15, 0.2) is 0 Å². The maximum absolute atomic E-state index is 12.8. The van der Waals surface area contributed by atoms with Crippen molar-refractivity contribution in [3.63, 3.8) is 0 Å². The lowest BCUT2D eigenvalue weighted by Crippen LogP contribution is -2.34. The van der Waals surface area contributed by atoms with Gasteiger partial charge in [0.25, 0.3) is 5.91 Å². The fourth-order valence-corrected chi connectivity index (χ4v) is 5.61. The lowest BCUT2D eigenvalue weighted by Gasteiger charge is -2.33. The first-order valence-corrected chi connectivity index (χ1v) is 11.1. The molecule has 4 rings (SSSR count). The van der Waals surface area contributed by atoms with Gasteiger partial charge in [0.2, 0.25) is 5.82 Å². The van der Waals surface area contributed by atoms with Gasteiger partial charge >= 0.3 is 0 Å². The predicted molar refractivity (Wildman–Crippen MR) is 115 cm³/mol. The third-order valence-corrected chi connectivity index (χ3v) is 7.25. The number of aromatic nitrogens is 4. The number of aliphatic hydroxyl groups is 1. The van der Waals surface area contributed by atoms with E-state index in [0.717, 1.165) is 41.0 Å². The number of aliphatic hydroxyl groups excluding tert-OH is 1. The van der Waals surface area contributed by atoms with Crippen LogP contribution < -0.4 is 0 Å². The Morgan fingerprint density at radius 2 is 2.10 bits per heavy atom. The number of carbonyl (C=O) groups excluding carboxylic acids is 1. The Balaban J connectivity index is 1.83. The molecular formula is C21H29N5O2S. The Bertz CT molecular complexity index is 1080. The van der Waals surface area contributed by atoms with Crippen molar-refractivity contribution in [3.05, 3.63) is 22.1 Å². The fourth-order valence-electron chi connectivity index (χ4n) is 4.27. The van der Waals surface area contributed by atoms with Crippen LogP contribution in [0, 0.1) is 18.3 Å². The van der Waals surface area contributed by atoms with Crippen molar-refractivity contribution in [2.75, 3.05) is 19.7 Å². The van der Waals surface area contributed by atoms with Crippen molar-refractivity contribution < 1.29 is 9.90 Å². The second kappa shape index (κ2) is 7.32. The van der Waals surface area contributed by atoms with Crippen molar-refractivity contribution >= 4 is 33.1 Å². The molecule has 1 aliphatic carbocycles. The van der Waals surface area contributed by atoms with E-state index in [1.54, 1.807) is 20.8 Å². The molecule has 0 aliphatic heterocycles. The highest BCUT2D eigenvalue weighted by Crippen LogP contribution is 2.43. The van der Waals surface area contributed by atoms with Crippen LogP contribution in [0.1, 0.15) is 61.0 Å². The highest BCUT2D eigenvalue weighted by atomic mass is 32.1. The summed E-state index contributed by atoms with van der Waals surface area (Å²) in [5.74, 6) is 1.30. The first-order chi connectivity index (χ1) is 13.7. The van der Waals surface area contributed by atoms with Gasteiger partial charge in [-0.25, -0.2) is 9.97 Å². The molecule has 1 N–H and O–H groups in total. The molecule has 0 radical (unpaired) electrons. The van der Waals surface area contributed by atoms with Crippen LogP contribution in [0.4, 0.5) is 0 Å². The largest absolute Gasteiger partial charge is 0.395 e. The van der Waals surface area contributed by atoms with Crippen LogP contribution in [0.3, 0.4) is 0 Å². The van der Waals surface area contributed by atoms with Crippen LogP contribution in [0.5, 0.6) is 0 Å². The number of likely N-dealkylation sites (N-methyl/N-ethyl adjacent to an activating group) is 1. The summed E-state index contributed by atoms with van der Waals surface area (Å²) in [5, 5.41) is 14.7. The molecule has 0 spiro atoms. The third-order valence-electron chi connectivity index (χ3n) is 6.10. The average Bonchev–Trinajstić information content (AvgIpc) is 3.25. The minimum atomic E-state index is -0.255.